The molecule has 13 heavy (non-hydrogen) atoms. The highest BCUT2D eigenvalue weighted by molar-refractivity contribution is 6.30. The normalized spacial score (nSPS) is 10.5. The molecule has 1 aromatic rings. The summed E-state index contributed by atoms with van der Waals surface area (Å²) in [7, 11) is 0. The summed E-state index contributed by atoms with van der Waals surface area (Å²) in [4.78, 5) is 10.6. The van der Waals surface area contributed by atoms with Crippen molar-refractivity contribution >= 4 is 17.4 Å². The van der Waals surface area contributed by atoms with Gasteiger partial charge in [0, 0.05) is 5.02 Å². The van der Waals surface area contributed by atoms with E-state index in [1.165, 1.54) is 6.07 Å². The summed E-state index contributed by atoms with van der Waals surface area (Å²) in [5, 5.41) is 0.0586. The van der Waals surface area contributed by atoms with Crippen LogP contribution in [0.3, 0.4) is 0 Å². The molecule has 0 radical (unpaired) electrons. The van der Waals surface area contributed by atoms with Gasteiger partial charge in [-0.25, -0.2) is 13.2 Å². The van der Waals surface area contributed by atoms with E-state index >= 15 is 0 Å². The molecule has 0 aliphatic rings. The minimum absolute atomic E-state index is 0.0586. The third kappa shape index (κ3) is 2.21. The summed E-state index contributed by atoms with van der Waals surface area (Å²) in [6, 6.07) is 2.93. The van der Waals surface area contributed by atoms with Crippen molar-refractivity contribution in [3.8, 4) is 0 Å². The molecule has 1 rings (SSSR count). The summed E-state index contributed by atoms with van der Waals surface area (Å²) in [5.41, 5.74) is -0.639. The molecule has 0 unspecified atom stereocenters. The van der Waals surface area contributed by atoms with E-state index in [1.54, 1.807) is 0 Å². The van der Waals surface area contributed by atoms with Crippen molar-refractivity contribution in [1.29, 1.82) is 0 Å². The molecule has 0 saturated heterocycles. The van der Waals surface area contributed by atoms with Crippen LogP contribution in [0, 0.1) is 5.82 Å². The van der Waals surface area contributed by atoms with E-state index in [2.05, 4.69) is 0 Å². The molecule has 1 nitrogen and oxygen atoms in total. The summed E-state index contributed by atoms with van der Waals surface area (Å²) < 4.78 is 36.5. The van der Waals surface area contributed by atoms with Gasteiger partial charge in [-0.3, -0.25) is 4.79 Å². The Balaban J connectivity index is 3.09. The Hall–Kier alpha value is -1.03. The predicted octanol–water partition coefficient (Wildman–Crippen LogP) is 2.93. The summed E-state index contributed by atoms with van der Waals surface area (Å²) >= 11 is 5.36. The number of alkyl halides is 2. The van der Waals surface area contributed by atoms with Gasteiger partial charge in [0.25, 0.3) is 0 Å². The van der Waals surface area contributed by atoms with Crippen molar-refractivity contribution in [2.75, 3.05) is 0 Å². The molecule has 0 atom stereocenters. The molecule has 0 spiro atoms. The van der Waals surface area contributed by atoms with Crippen LogP contribution >= 0.6 is 11.6 Å². The Bertz CT molecular complexity index is 338. The zero-order valence-corrected chi connectivity index (χ0v) is 6.99. The van der Waals surface area contributed by atoms with Gasteiger partial charge in [-0.05, 0) is 18.2 Å². The lowest BCUT2D eigenvalue weighted by atomic mass is 10.1. The van der Waals surface area contributed by atoms with E-state index < -0.39 is 23.6 Å². The van der Waals surface area contributed by atoms with Crippen molar-refractivity contribution in [3.63, 3.8) is 0 Å². The molecular formula is C8H4ClF3O. The number of hydrogen-bond acceptors (Lipinski definition) is 1. The Labute approximate surface area is 77.1 Å². The lowest BCUT2D eigenvalue weighted by molar-refractivity contribution is 0.0674. The minimum Gasteiger partial charge on any atom is -0.288 e. The first-order chi connectivity index (χ1) is 6.02. The lowest BCUT2D eigenvalue weighted by Gasteiger charge is -2.00. The maximum atomic E-state index is 12.8. The van der Waals surface area contributed by atoms with Gasteiger partial charge in [0.15, 0.2) is 0 Å². The number of Topliss-reactive ketones (excluding diaryl/α,β-unsaturated/α-hetero) is 1. The van der Waals surface area contributed by atoms with Gasteiger partial charge >= 0.3 is 6.43 Å². The molecule has 0 aliphatic carbocycles. The van der Waals surface area contributed by atoms with Gasteiger partial charge in [-0.1, -0.05) is 11.6 Å². The van der Waals surface area contributed by atoms with Gasteiger partial charge < -0.3 is 0 Å². The zero-order chi connectivity index (χ0) is 10.0. The topological polar surface area (TPSA) is 17.1 Å². The highest BCUT2D eigenvalue weighted by Gasteiger charge is 2.21. The van der Waals surface area contributed by atoms with E-state index in [4.69, 9.17) is 11.6 Å². The molecule has 70 valence electrons. The number of carbonyl (C=O) groups excluding carboxylic acids is 1. The highest BCUT2D eigenvalue weighted by atomic mass is 35.5. The second-order valence-electron chi connectivity index (χ2n) is 2.29. The fourth-order valence-electron chi connectivity index (χ4n) is 0.807. The molecule has 5 heteroatoms. The van der Waals surface area contributed by atoms with Crippen LogP contribution in [0.4, 0.5) is 13.2 Å². The first-order valence-corrected chi connectivity index (χ1v) is 3.67. The van der Waals surface area contributed by atoms with Crippen molar-refractivity contribution in [3.05, 3.63) is 34.6 Å². The van der Waals surface area contributed by atoms with Crippen LogP contribution in [0.1, 0.15) is 10.4 Å². The van der Waals surface area contributed by atoms with Crippen LogP contribution < -0.4 is 0 Å². The molecule has 0 aliphatic heterocycles. The van der Waals surface area contributed by atoms with E-state index in [0.717, 1.165) is 12.1 Å². The molecule has 0 N–H and O–H groups in total. The Morgan fingerprint density at radius 2 is 2.00 bits per heavy atom. The van der Waals surface area contributed by atoms with Gasteiger partial charge in [-0.15, -0.1) is 0 Å². The van der Waals surface area contributed by atoms with E-state index in [1.807, 2.05) is 0 Å². The highest BCUT2D eigenvalue weighted by Crippen LogP contribution is 2.17. The van der Waals surface area contributed by atoms with Crippen molar-refractivity contribution in [2.45, 2.75) is 6.43 Å². The minimum atomic E-state index is -3.20. The smallest absolute Gasteiger partial charge is 0.288 e. The standard InChI is InChI=1S/C8H4ClF3O/c9-4-1-2-5(6(10)3-4)7(13)8(11)12/h1-3,8H. The molecule has 0 heterocycles. The Kier molecular flexibility index (Phi) is 2.93. The van der Waals surface area contributed by atoms with E-state index in [0.29, 0.717) is 0 Å². The first kappa shape index (κ1) is 10.1. The molecule has 0 fully saturated rings. The summed E-state index contributed by atoms with van der Waals surface area (Å²) in [6.07, 6.45) is -3.20. The quantitative estimate of drug-likeness (QED) is 0.683. The molecule has 0 amide bonds. The third-order valence-electron chi connectivity index (χ3n) is 1.39. The van der Waals surface area contributed by atoms with Crippen LogP contribution in [0.15, 0.2) is 18.2 Å². The van der Waals surface area contributed by atoms with Crippen LogP contribution in [0.5, 0.6) is 0 Å². The number of carbonyl (C=O) groups is 1. The maximum absolute atomic E-state index is 12.8. The Morgan fingerprint density at radius 1 is 1.38 bits per heavy atom. The maximum Gasteiger partial charge on any atom is 0.300 e. The number of ketones is 1. The number of rotatable bonds is 2. The van der Waals surface area contributed by atoms with Crippen LogP contribution in [0.2, 0.25) is 5.02 Å². The third-order valence-corrected chi connectivity index (χ3v) is 1.63. The lowest BCUT2D eigenvalue weighted by Crippen LogP contribution is -2.11. The second kappa shape index (κ2) is 3.79. The average molecular weight is 209 g/mol. The van der Waals surface area contributed by atoms with E-state index in [-0.39, 0.29) is 5.02 Å². The molecular weight excluding hydrogens is 205 g/mol. The van der Waals surface area contributed by atoms with Crippen LogP contribution in [-0.2, 0) is 0 Å². The number of halogens is 4. The fraction of sp³-hybridized carbons (Fsp3) is 0.125. The molecule has 0 aromatic heterocycles. The molecule has 1 aromatic carbocycles. The van der Waals surface area contributed by atoms with Crippen LogP contribution in [0.25, 0.3) is 0 Å². The number of hydrogen-bond donors (Lipinski definition) is 0. The fourth-order valence-corrected chi connectivity index (χ4v) is 0.966. The van der Waals surface area contributed by atoms with Crippen molar-refractivity contribution < 1.29 is 18.0 Å². The van der Waals surface area contributed by atoms with Gasteiger partial charge in [0.2, 0.25) is 5.78 Å². The van der Waals surface area contributed by atoms with Crippen molar-refractivity contribution in [1.82, 2.24) is 0 Å². The Morgan fingerprint density at radius 3 is 2.46 bits per heavy atom. The predicted molar refractivity (Wildman–Crippen MR) is 41.7 cm³/mol. The second-order valence-corrected chi connectivity index (χ2v) is 2.73. The van der Waals surface area contributed by atoms with E-state index in [9.17, 15) is 18.0 Å². The van der Waals surface area contributed by atoms with Gasteiger partial charge in [0.05, 0.1) is 5.56 Å². The monoisotopic (exact) mass is 208 g/mol. The summed E-state index contributed by atoms with van der Waals surface area (Å²) in [6.45, 7) is 0. The average Bonchev–Trinajstić information content (AvgIpc) is 2.03. The van der Waals surface area contributed by atoms with Gasteiger partial charge in [0.1, 0.15) is 5.82 Å². The molecule has 0 bridgehead atoms. The number of benzene rings is 1. The van der Waals surface area contributed by atoms with Crippen LogP contribution in [-0.4, -0.2) is 12.2 Å². The first-order valence-electron chi connectivity index (χ1n) is 3.30. The largest absolute Gasteiger partial charge is 0.300 e. The molecule has 0 saturated carbocycles. The zero-order valence-electron chi connectivity index (χ0n) is 6.23. The summed E-state index contributed by atoms with van der Waals surface area (Å²) in [5.74, 6) is -2.56. The van der Waals surface area contributed by atoms with Crippen molar-refractivity contribution in [2.24, 2.45) is 0 Å². The SMILES string of the molecule is O=C(c1ccc(Cl)cc1F)C(F)F. The van der Waals surface area contributed by atoms with Gasteiger partial charge in [-0.2, -0.15) is 0 Å².